The zero-order valence-corrected chi connectivity index (χ0v) is 9.06. The van der Waals surface area contributed by atoms with Crippen molar-refractivity contribution in [3.63, 3.8) is 0 Å². The Hall–Kier alpha value is -2.37. The lowest BCUT2D eigenvalue weighted by atomic mass is 10.2. The molecule has 6 heteroatoms. The molecule has 0 saturated carbocycles. The maximum absolute atomic E-state index is 5.69. The largest absolute Gasteiger partial charge is 0.486 e. The van der Waals surface area contributed by atoms with Crippen LogP contribution in [0.15, 0.2) is 24.4 Å². The van der Waals surface area contributed by atoms with E-state index in [-0.39, 0.29) is 0 Å². The van der Waals surface area contributed by atoms with Gasteiger partial charge in [-0.2, -0.15) is 5.10 Å². The summed E-state index contributed by atoms with van der Waals surface area (Å²) in [5.41, 5.74) is 7.30. The highest BCUT2D eigenvalue weighted by molar-refractivity contribution is 5.70. The van der Waals surface area contributed by atoms with Gasteiger partial charge in [-0.15, -0.1) is 0 Å². The van der Waals surface area contributed by atoms with Gasteiger partial charge in [-0.3, -0.25) is 5.10 Å². The van der Waals surface area contributed by atoms with Crippen molar-refractivity contribution in [2.45, 2.75) is 0 Å². The first-order chi connectivity index (χ1) is 8.33. The van der Waals surface area contributed by atoms with E-state index in [9.17, 15) is 0 Å². The van der Waals surface area contributed by atoms with Gasteiger partial charge in [0.25, 0.3) is 0 Å². The average Bonchev–Trinajstić information content (AvgIpc) is 2.75. The molecule has 0 radical (unpaired) electrons. The number of nitrogens with one attached hydrogen (secondary N) is 2. The highest BCUT2D eigenvalue weighted by Gasteiger charge is 2.12. The molecule has 1 aromatic carbocycles. The fourth-order valence-electron chi connectivity index (χ4n) is 1.67. The van der Waals surface area contributed by atoms with Crippen LogP contribution in [0.2, 0.25) is 0 Å². The molecule has 2 heterocycles. The normalized spacial score (nSPS) is 13.4. The highest BCUT2D eigenvalue weighted by Crippen LogP contribution is 2.33. The minimum Gasteiger partial charge on any atom is -0.486 e. The number of nitrogens with zero attached hydrogens (tertiary/aromatic N) is 1. The monoisotopic (exact) mass is 232 g/mol. The summed E-state index contributed by atoms with van der Waals surface area (Å²) in [4.78, 5) is 0. The average molecular weight is 232 g/mol. The van der Waals surface area contributed by atoms with Gasteiger partial charge in [0.2, 0.25) is 0 Å². The number of nitrogens with two attached hydrogens (primary N) is 1. The van der Waals surface area contributed by atoms with Crippen LogP contribution in [-0.2, 0) is 0 Å². The zero-order valence-electron chi connectivity index (χ0n) is 9.06. The van der Waals surface area contributed by atoms with E-state index in [1.165, 1.54) is 0 Å². The van der Waals surface area contributed by atoms with E-state index in [0.717, 1.165) is 22.9 Å². The number of ether oxygens (including phenoxy) is 2. The lowest BCUT2D eigenvalue weighted by Gasteiger charge is -2.19. The maximum Gasteiger partial charge on any atom is 0.163 e. The summed E-state index contributed by atoms with van der Waals surface area (Å²) < 4.78 is 10.9. The second-order valence-electron chi connectivity index (χ2n) is 3.68. The number of hydrogen-bond acceptors (Lipinski definition) is 5. The van der Waals surface area contributed by atoms with Gasteiger partial charge in [0.15, 0.2) is 11.5 Å². The van der Waals surface area contributed by atoms with Gasteiger partial charge < -0.3 is 20.5 Å². The molecular weight excluding hydrogens is 220 g/mol. The lowest BCUT2D eigenvalue weighted by molar-refractivity contribution is 0.171. The third-order valence-electron chi connectivity index (χ3n) is 2.49. The van der Waals surface area contributed by atoms with Gasteiger partial charge in [0, 0.05) is 11.8 Å². The molecule has 0 fully saturated rings. The quantitative estimate of drug-likeness (QED) is 0.730. The first kappa shape index (κ1) is 9.83. The van der Waals surface area contributed by atoms with Crippen LogP contribution in [0, 0.1) is 0 Å². The summed E-state index contributed by atoms with van der Waals surface area (Å²) in [5, 5.41) is 9.65. The van der Waals surface area contributed by atoms with Gasteiger partial charge in [-0.05, 0) is 12.1 Å². The third kappa shape index (κ3) is 1.84. The summed E-state index contributed by atoms with van der Waals surface area (Å²) in [6.45, 7) is 1.17. The molecule has 0 spiro atoms. The predicted molar refractivity (Wildman–Crippen MR) is 63.7 cm³/mol. The fraction of sp³-hybridized carbons (Fsp3) is 0.182. The molecule has 0 amide bonds. The molecule has 4 N–H and O–H groups in total. The number of fused-ring (bicyclic) bond motifs is 1. The van der Waals surface area contributed by atoms with Gasteiger partial charge in [0.05, 0.1) is 6.20 Å². The number of rotatable bonds is 2. The summed E-state index contributed by atoms with van der Waals surface area (Å²) in [7, 11) is 0. The molecule has 1 aromatic heterocycles. The number of anilines is 3. The Labute approximate surface area is 97.7 Å². The summed E-state index contributed by atoms with van der Waals surface area (Å²) >= 11 is 0. The second kappa shape index (κ2) is 3.89. The molecular formula is C11H12N4O2. The van der Waals surface area contributed by atoms with Crippen LogP contribution in [0.3, 0.4) is 0 Å². The van der Waals surface area contributed by atoms with Crippen molar-refractivity contribution >= 4 is 17.2 Å². The number of hydrogen-bond donors (Lipinski definition) is 3. The Morgan fingerprint density at radius 3 is 2.82 bits per heavy atom. The van der Waals surface area contributed by atoms with Crippen molar-refractivity contribution in [2.75, 3.05) is 24.3 Å². The Morgan fingerprint density at radius 1 is 1.24 bits per heavy atom. The molecule has 1 aliphatic heterocycles. The number of nitrogen functional groups attached to an aromatic ring is 1. The maximum atomic E-state index is 5.69. The van der Waals surface area contributed by atoms with E-state index < -0.39 is 0 Å². The molecule has 0 unspecified atom stereocenters. The van der Waals surface area contributed by atoms with Gasteiger partial charge in [-0.1, -0.05) is 0 Å². The standard InChI is InChI=1S/C11H12N4O2/c12-11-8(6-13-15-11)14-7-1-2-9-10(5-7)17-4-3-16-9/h1-2,5-6,14H,3-4H2,(H3,12,13,15). The van der Waals surface area contributed by atoms with Gasteiger partial charge in [0.1, 0.15) is 24.7 Å². The van der Waals surface area contributed by atoms with Crippen LogP contribution in [0.5, 0.6) is 11.5 Å². The van der Waals surface area contributed by atoms with E-state index in [1.807, 2.05) is 18.2 Å². The summed E-state index contributed by atoms with van der Waals surface area (Å²) in [6, 6.07) is 5.65. The Balaban J connectivity index is 1.87. The van der Waals surface area contributed by atoms with Crippen LogP contribution in [0.4, 0.5) is 17.2 Å². The molecule has 88 valence electrons. The number of aromatic nitrogens is 2. The van der Waals surface area contributed by atoms with Crippen molar-refractivity contribution in [1.82, 2.24) is 10.2 Å². The Bertz CT molecular complexity index is 538. The number of H-pyrrole nitrogens is 1. The van der Waals surface area contributed by atoms with E-state index >= 15 is 0 Å². The topological polar surface area (TPSA) is 85.2 Å². The summed E-state index contributed by atoms with van der Waals surface area (Å²) in [5.74, 6) is 2.00. The molecule has 0 atom stereocenters. The van der Waals surface area contributed by atoms with E-state index in [4.69, 9.17) is 15.2 Å². The molecule has 3 rings (SSSR count). The molecule has 0 saturated heterocycles. The predicted octanol–water partition coefficient (Wildman–Crippen LogP) is 1.51. The Morgan fingerprint density at radius 2 is 2.06 bits per heavy atom. The second-order valence-corrected chi connectivity index (χ2v) is 3.68. The number of aromatic amines is 1. The van der Waals surface area contributed by atoms with E-state index in [1.54, 1.807) is 6.20 Å². The minimum absolute atomic E-state index is 0.500. The van der Waals surface area contributed by atoms with Crippen molar-refractivity contribution in [1.29, 1.82) is 0 Å². The van der Waals surface area contributed by atoms with Crippen molar-refractivity contribution in [3.8, 4) is 11.5 Å². The SMILES string of the molecule is Nc1[nH]ncc1Nc1ccc2c(c1)OCCO2. The molecule has 0 bridgehead atoms. The summed E-state index contributed by atoms with van der Waals surface area (Å²) in [6.07, 6.45) is 1.63. The van der Waals surface area contributed by atoms with Crippen molar-refractivity contribution in [2.24, 2.45) is 0 Å². The van der Waals surface area contributed by atoms with Crippen LogP contribution in [0.25, 0.3) is 0 Å². The van der Waals surface area contributed by atoms with E-state index in [0.29, 0.717) is 19.0 Å². The van der Waals surface area contributed by atoms with Crippen molar-refractivity contribution < 1.29 is 9.47 Å². The van der Waals surface area contributed by atoms with Crippen LogP contribution in [-0.4, -0.2) is 23.4 Å². The minimum atomic E-state index is 0.500. The third-order valence-corrected chi connectivity index (χ3v) is 2.49. The van der Waals surface area contributed by atoms with Gasteiger partial charge in [-0.25, -0.2) is 0 Å². The van der Waals surface area contributed by atoms with E-state index in [2.05, 4.69) is 15.5 Å². The molecule has 17 heavy (non-hydrogen) atoms. The van der Waals surface area contributed by atoms with Crippen LogP contribution < -0.4 is 20.5 Å². The van der Waals surface area contributed by atoms with Crippen LogP contribution in [0.1, 0.15) is 0 Å². The zero-order chi connectivity index (χ0) is 11.7. The Kier molecular flexibility index (Phi) is 2.25. The molecule has 6 nitrogen and oxygen atoms in total. The smallest absolute Gasteiger partial charge is 0.163 e. The van der Waals surface area contributed by atoms with Gasteiger partial charge >= 0.3 is 0 Å². The first-order valence-electron chi connectivity index (χ1n) is 5.28. The molecule has 2 aromatic rings. The lowest BCUT2D eigenvalue weighted by Crippen LogP contribution is -2.15. The molecule has 1 aliphatic rings. The first-order valence-corrected chi connectivity index (χ1v) is 5.28. The van der Waals surface area contributed by atoms with Crippen molar-refractivity contribution in [3.05, 3.63) is 24.4 Å². The highest BCUT2D eigenvalue weighted by atomic mass is 16.6. The number of benzene rings is 1. The molecule has 0 aliphatic carbocycles. The van der Waals surface area contributed by atoms with Crippen LogP contribution >= 0.6 is 0 Å². The fourth-order valence-corrected chi connectivity index (χ4v) is 1.67.